The van der Waals surface area contributed by atoms with Crippen molar-refractivity contribution < 1.29 is 9.59 Å². The van der Waals surface area contributed by atoms with Crippen LogP contribution in [0.3, 0.4) is 0 Å². The highest BCUT2D eigenvalue weighted by atomic mass is 16.2. The van der Waals surface area contributed by atoms with Gasteiger partial charge in [-0.3, -0.25) is 14.6 Å². The highest BCUT2D eigenvalue weighted by Crippen LogP contribution is 2.19. The summed E-state index contributed by atoms with van der Waals surface area (Å²) in [5, 5.41) is 10.1. The SMILES string of the molecule is CCCN(C(=O)CC)c1ccc(Cc2cncc(C(=O)NCC(C)=N)c2)cc1.CN. The molecule has 2 aromatic rings. The molecule has 0 aliphatic heterocycles. The average molecular weight is 412 g/mol. The van der Waals surface area contributed by atoms with Crippen molar-refractivity contribution in [2.24, 2.45) is 5.73 Å². The number of hydrogen-bond donors (Lipinski definition) is 3. The molecule has 0 unspecified atom stereocenters. The normalized spacial score (nSPS) is 9.90. The number of rotatable bonds is 9. The summed E-state index contributed by atoms with van der Waals surface area (Å²) in [6.45, 7) is 6.52. The van der Waals surface area contributed by atoms with Crippen molar-refractivity contribution in [3.63, 3.8) is 0 Å². The number of anilines is 1. The van der Waals surface area contributed by atoms with Crippen LogP contribution < -0.4 is 16.0 Å². The Hall–Kier alpha value is -3.06. The van der Waals surface area contributed by atoms with Crippen molar-refractivity contribution in [1.82, 2.24) is 10.3 Å². The van der Waals surface area contributed by atoms with Crippen LogP contribution in [0.15, 0.2) is 42.7 Å². The van der Waals surface area contributed by atoms with Gasteiger partial charge in [0.1, 0.15) is 0 Å². The predicted octanol–water partition coefficient (Wildman–Crippen LogP) is 3.17. The molecule has 0 atom stereocenters. The van der Waals surface area contributed by atoms with E-state index in [0.29, 0.717) is 30.7 Å². The van der Waals surface area contributed by atoms with Crippen LogP contribution in [0.1, 0.15) is 55.1 Å². The van der Waals surface area contributed by atoms with E-state index >= 15 is 0 Å². The van der Waals surface area contributed by atoms with Gasteiger partial charge in [-0.25, -0.2) is 0 Å². The predicted molar refractivity (Wildman–Crippen MR) is 122 cm³/mol. The lowest BCUT2D eigenvalue weighted by atomic mass is 10.0. The second-order valence-corrected chi connectivity index (χ2v) is 6.79. The molecule has 2 rings (SSSR count). The number of amides is 2. The second kappa shape index (κ2) is 13.2. The molecule has 1 aromatic heterocycles. The minimum Gasteiger partial charge on any atom is -0.347 e. The Morgan fingerprint density at radius 3 is 2.33 bits per heavy atom. The lowest BCUT2D eigenvalue weighted by molar-refractivity contribution is -0.118. The molecule has 162 valence electrons. The highest BCUT2D eigenvalue weighted by Gasteiger charge is 2.13. The molecular weight excluding hydrogens is 378 g/mol. The van der Waals surface area contributed by atoms with Crippen molar-refractivity contribution in [2.75, 3.05) is 25.0 Å². The number of carbonyl (C=O) groups is 2. The number of benzene rings is 1. The zero-order chi connectivity index (χ0) is 22.5. The van der Waals surface area contributed by atoms with Gasteiger partial charge in [0.25, 0.3) is 5.91 Å². The summed E-state index contributed by atoms with van der Waals surface area (Å²) in [6.07, 6.45) is 5.32. The van der Waals surface area contributed by atoms with Gasteiger partial charge < -0.3 is 21.4 Å². The van der Waals surface area contributed by atoms with E-state index in [1.165, 1.54) is 13.2 Å². The summed E-state index contributed by atoms with van der Waals surface area (Å²) in [7, 11) is 1.50. The van der Waals surface area contributed by atoms with Crippen LogP contribution in [-0.4, -0.2) is 42.6 Å². The van der Waals surface area contributed by atoms with Crippen LogP contribution in [0.2, 0.25) is 0 Å². The van der Waals surface area contributed by atoms with Crippen molar-refractivity contribution in [1.29, 1.82) is 5.41 Å². The summed E-state index contributed by atoms with van der Waals surface area (Å²) in [4.78, 5) is 30.3. The van der Waals surface area contributed by atoms with Gasteiger partial charge in [-0.1, -0.05) is 26.0 Å². The van der Waals surface area contributed by atoms with Gasteiger partial charge in [0, 0.05) is 36.8 Å². The molecule has 4 N–H and O–H groups in total. The van der Waals surface area contributed by atoms with Gasteiger partial charge in [-0.2, -0.15) is 0 Å². The summed E-state index contributed by atoms with van der Waals surface area (Å²) < 4.78 is 0. The van der Waals surface area contributed by atoms with E-state index in [9.17, 15) is 9.59 Å². The van der Waals surface area contributed by atoms with Crippen LogP contribution in [0.5, 0.6) is 0 Å². The van der Waals surface area contributed by atoms with E-state index in [-0.39, 0.29) is 18.4 Å². The van der Waals surface area contributed by atoms with Gasteiger partial charge >= 0.3 is 0 Å². The minimum absolute atomic E-state index is 0.123. The summed E-state index contributed by atoms with van der Waals surface area (Å²) in [5.41, 5.74) is 8.31. The number of hydrogen-bond acceptors (Lipinski definition) is 5. The third kappa shape index (κ3) is 7.75. The Labute approximate surface area is 179 Å². The van der Waals surface area contributed by atoms with Crippen LogP contribution in [0, 0.1) is 5.41 Å². The Morgan fingerprint density at radius 1 is 1.10 bits per heavy atom. The molecule has 0 saturated carbocycles. The standard InChI is InChI=1S/C22H28N4O2.CH5N/c1-4-10-26(21(27)5-2)20-8-6-17(7-9-20)11-18-12-19(15-24-14-18)22(28)25-13-16(3)23;1-2/h6-9,12,14-15,23H,4-5,10-11,13H2,1-3H3,(H,25,28);2H2,1H3. The molecule has 0 aliphatic carbocycles. The molecule has 0 fully saturated rings. The molecule has 0 aliphatic rings. The lowest BCUT2D eigenvalue weighted by Gasteiger charge is -2.22. The molecule has 7 heteroatoms. The lowest BCUT2D eigenvalue weighted by Crippen LogP contribution is -2.30. The molecule has 0 bridgehead atoms. The topological polar surface area (TPSA) is 112 Å². The molecule has 0 spiro atoms. The monoisotopic (exact) mass is 411 g/mol. The Kier molecular flexibility index (Phi) is 11.0. The van der Waals surface area contributed by atoms with Crippen molar-refractivity contribution in [2.45, 2.75) is 40.0 Å². The maximum atomic E-state index is 12.1. The first kappa shape index (κ1) is 25.0. The molecule has 1 aromatic carbocycles. The van der Waals surface area contributed by atoms with Crippen LogP contribution in [-0.2, 0) is 11.2 Å². The highest BCUT2D eigenvalue weighted by molar-refractivity contribution is 5.96. The molecular formula is C23H33N5O2. The van der Waals surface area contributed by atoms with Crippen LogP contribution in [0.25, 0.3) is 0 Å². The van der Waals surface area contributed by atoms with E-state index in [2.05, 4.69) is 23.0 Å². The van der Waals surface area contributed by atoms with Crippen molar-refractivity contribution >= 4 is 23.2 Å². The van der Waals surface area contributed by atoms with Gasteiger partial charge in [-0.05, 0) is 56.1 Å². The van der Waals surface area contributed by atoms with Crippen LogP contribution in [0.4, 0.5) is 5.69 Å². The zero-order valence-corrected chi connectivity index (χ0v) is 18.4. The number of nitrogens with zero attached hydrogens (tertiary/aromatic N) is 2. The Bertz CT molecular complexity index is 834. The molecule has 0 saturated heterocycles. The average Bonchev–Trinajstić information content (AvgIpc) is 2.77. The molecule has 0 radical (unpaired) electrons. The number of carbonyl (C=O) groups excluding carboxylic acids is 2. The van der Waals surface area contributed by atoms with Gasteiger partial charge in [0.05, 0.1) is 12.1 Å². The fourth-order valence-corrected chi connectivity index (χ4v) is 2.87. The maximum Gasteiger partial charge on any atom is 0.253 e. The summed E-state index contributed by atoms with van der Waals surface area (Å²) >= 11 is 0. The maximum absolute atomic E-state index is 12.1. The number of pyridine rings is 1. The van der Waals surface area contributed by atoms with Crippen molar-refractivity contribution in [3.8, 4) is 0 Å². The molecule has 1 heterocycles. The van der Waals surface area contributed by atoms with Gasteiger partial charge in [-0.15, -0.1) is 0 Å². The van der Waals surface area contributed by atoms with E-state index in [1.807, 2.05) is 42.2 Å². The third-order valence-electron chi connectivity index (χ3n) is 4.28. The largest absolute Gasteiger partial charge is 0.347 e. The number of nitrogens with two attached hydrogens (primary N) is 1. The molecule has 7 nitrogen and oxygen atoms in total. The van der Waals surface area contributed by atoms with E-state index in [0.717, 1.165) is 23.2 Å². The Balaban J connectivity index is 0.00000218. The van der Waals surface area contributed by atoms with Crippen molar-refractivity contribution in [3.05, 3.63) is 59.4 Å². The van der Waals surface area contributed by atoms with Crippen LogP contribution >= 0.6 is 0 Å². The smallest absolute Gasteiger partial charge is 0.253 e. The summed E-state index contributed by atoms with van der Waals surface area (Å²) in [5.74, 6) is -0.109. The van der Waals surface area contributed by atoms with Gasteiger partial charge in [0.15, 0.2) is 0 Å². The zero-order valence-electron chi connectivity index (χ0n) is 18.4. The van der Waals surface area contributed by atoms with E-state index in [4.69, 9.17) is 5.41 Å². The van der Waals surface area contributed by atoms with E-state index < -0.39 is 0 Å². The first-order chi connectivity index (χ1) is 14.4. The molecule has 2 amide bonds. The van der Waals surface area contributed by atoms with Gasteiger partial charge in [0.2, 0.25) is 5.91 Å². The third-order valence-corrected chi connectivity index (χ3v) is 4.28. The minimum atomic E-state index is -0.232. The molecule has 30 heavy (non-hydrogen) atoms. The first-order valence-corrected chi connectivity index (χ1v) is 10.2. The first-order valence-electron chi connectivity index (χ1n) is 10.2. The quantitative estimate of drug-likeness (QED) is 0.550. The Morgan fingerprint density at radius 2 is 1.77 bits per heavy atom. The number of aromatic nitrogens is 1. The summed E-state index contributed by atoms with van der Waals surface area (Å²) in [6, 6.07) is 9.77. The fraction of sp³-hybridized carbons (Fsp3) is 0.391. The number of nitrogens with one attached hydrogen (secondary N) is 2. The van der Waals surface area contributed by atoms with E-state index in [1.54, 1.807) is 13.1 Å². The fourth-order valence-electron chi connectivity index (χ4n) is 2.87. The second-order valence-electron chi connectivity index (χ2n) is 6.79.